The summed E-state index contributed by atoms with van der Waals surface area (Å²) in [6, 6.07) is 4.04. The number of aromatic nitrogens is 1. The molecule has 4 nitrogen and oxygen atoms in total. The molecule has 4 heteroatoms. The van der Waals surface area contributed by atoms with E-state index >= 15 is 0 Å². The monoisotopic (exact) mass is 245 g/mol. The Bertz CT molecular complexity index is 440. The van der Waals surface area contributed by atoms with Gasteiger partial charge in [-0.2, -0.15) is 0 Å². The second-order valence-corrected chi connectivity index (χ2v) is 5.16. The van der Waals surface area contributed by atoms with Crippen molar-refractivity contribution in [1.82, 2.24) is 15.2 Å². The van der Waals surface area contributed by atoms with E-state index in [-0.39, 0.29) is 5.92 Å². The van der Waals surface area contributed by atoms with E-state index < -0.39 is 0 Å². The van der Waals surface area contributed by atoms with Gasteiger partial charge in [0.05, 0.1) is 5.92 Å². The average Bonchev–Trinajstić information content (AvgIpc) is 2.47. The molecule has 0 spiro atoms. The normalized spacial score (nSPS) is 23.6. The maximum atomic E-state index is 12.4. The Hall–Kier alpha value is -1.42. The second-order valence-electron chi connectivity index (χ2n) is 5.16. The maximum absolute atomic E-state index is 12.4. The molecule has 3 rings (SSSR count). The Morgan fingerprint density at radius 3 is 3.28 bits per heavy atom. The van der Waals surface area contributed by atoms with E-state index in [0.29, 0.717) is 5.91 Å². The molecule has 1 aromatic rings. The fourth-order valence-corrected chi connectivity index (χ4v) is 2.87. The zero-order valence-electron chi connectivity index (χ0n) is 10.6. The predicted molar refractivity (Wildman–Crippen MR) is 69.0 cm³/mol. The van der Waals surface area contributed by atoms with Gasteiger partial charge in [-0.1, -0.05) is 6.07 Å². The molecular weight excluding hydrogens is 226 g/mol. The van der Waals surface area contributed by atoms with Gasteiger partial charge in [0.25, 0.3) is 0 Å². The lowest BCUT2D eigenvalue weighted by Crippen LogP contribution is -2.45. The van der Waals surface area contributed by atoms with Gasteiger partial charge < -0.3 is 10.2 Å². The van der Waals surface area contributed by atoms with Crippen LogP contribution in [-0.2, 0) is 17.8 Å². The van der Waals surface area contributed by atoms with Gasteiger partial charge in [-0.05, 0) is 31.0 Å². The highest BCUT2D eigenvalue weighted by Crippen LogP contribution is 2.20. The molecule has 3 heterocycles. The highest BCUT2D eigenvalue weighted by Gasteiger charge is 2.28. The first-order chi connectivity index (χ1) is 8.84. The average molecular weight is 245 g/mol. The molecule has 1 atom stereocenters. The van der Waals surface area contributed by atoms with Crippen LogP contribution < -0.4 is 5.32 Å². The Balaban J connectivity index is 1.69. The third kappa shape index (κ3) is 2.25. The number of piperidine rings is 1. The molecule has 96 valence electrons. The van der Waals surface area contributed by atoms with E-state index in [1.54, 1.807) is 0 Å². The van der Waals surface area contributed by atoms with Crippen LogP contribution in [0.25, 0.3) is 0 Å². The highest BCUT2D eigenvalue weighted by molar-refractivity contribution is 5.79. The number of hydrogen-bond donors (Lipinski definition) is 1. The third-order valence-electron chi connectivity index (χ3n) is 3.92. The van der Waals surface area contributed by atoms with Crippen molar-refractivity contribution in [3.8, 4) is 0 Å². The smallest absolute Gasteiger partial charge is 0.227 e. The molecule has 1 amide bonds. The number of fused-ring (bicyclic) bond motifs is 1. The van der Waals surface area contributed by atoms with E-state index in [9.17, 15) is 4.79 Å². The number of carbonyl (C=O) groups excluding carboxylic acids is 1. The van der Waals surface area contributed by atoms with Crippen LogP contribution >= 0.6 is 0 Å². The summed E-state index contributed by atoms with van der Waals surface area (Å²) in [4.78, 5) is 18.8. The van der Waals surface area contributed by atoms with Crippen LogP contribution in [-0.4, -0.2) is 35.4 Å². The van der Waals surface area contributed by atoms with Crippen molar-refractivity contribution in [2.24, 2.45) is 5.92 Å². The minimum absolute atomic E-state index is 0.178. The SMILES string of the molecule is O=C([C@@H]1CCCNC1)N1CCc2ncccc2C1. The molecule has 0 saturated carbocycles. The lowest BCUT2D eigenvalue weighted by Gasteiger charge is -2.32. The summed E-state index contributed by atoms with van der Waals surface area (Å²) in [5.74, 6) is 0.494. The van der Waals surface area contributed by atoms with Gasteiger partial charge in [0.15, 0.2) is 0 Å². The van der Waals surface area contributed by atoms with E-state index in [2.05, 4.69) is 16.4 Å². The summed E-state index contributed by atoms with van der Waals surface area (Å²) in [5.41, 5.74) is 2.36. The van der Waals surface area contributed by atoms with Crippen molar-refractivity contribution in [1.29, 1.82) is 0 Å². The fourth-order valence-electron chi connectivity index (χ4n) is 2.87. The molecule has 0 aliphatic carbocycles. The molecule has 18 heavy (non-hydrogen) atoms. The molecule has 1 fully saturated rings. The van der Waals surface area contributed by atoms with Crippen LogP contribution in [0.3, 0.4) is 0 Å². The zero-order valence-corrected chi connectivity index (χ0v) is 10.6. The van der Waals surface area contributed by atoms with Crippen molar-refractivity contribution in [2.45, 2.75) is 25.8 Å². The lowest BCUT2D eigenvalue weighted by atomic mass is 9.96. The molecule has 1 aromatic heterocycles. The molecule has 2 aliphatic rings. The number of rotatable bonds is 1. The van der Waals surface area contributed by atoms with Gasteiger partial charge in [-0.15, -0.1) is 0 Å². The first-order valence-electron chi connectivity index (χ1n) is 6.77. The van der Waals surface area contributed by atoms with Crippen LogP contribution in [0.5, 0.6) is 0 Å². The Labute approximate surface area is 107 Å². The summed E-state index contributed by atoms with van der Waals surface area (Å²) in [6.45, 7) is 3.45. The number of carbonyl (C=O) groups is 1. The van der Waals surface area contributed by atoms with Gasteiger partial charge in [0.1, 0.15) is 0 Å². The van der Waals surface area contributed by atoms with Gasteiger partial charge in [-0.3, -0.25) is 9.78 Å². The highest BCUT2D eigenvalue weighted by atomic mass is 16.2. The number of nitrogens with one attached hydrogen (secondary N) is 1. The van der Waals surface area contributed by atoms with Crippen molar-refractivity contribution in [3.05, 3.63) is 29.6 Å². The minimum Gasteiger partial charge on any atom is -0.338 e. The Morgan fingerprint density at radius 2 is 2.44 bits per heavy atom. The molecular formula is C14H19N3O. The molecule has 0 aromatic carbocycles. The van der Waals surface area contributed by atoms with E-state index in [1.807, 2.05) is 17.2 Å². The zero-order chi connectivity index (χ0) is 12.4. The summed E-state index contributed by atoms with van der Waals surface area (Å²) >= 11 is 0. The first kappa shape index (κ1) is 11.7. The van der Waals surface area contributed by atoms with E-state index in [1.165, 1.54) is 5.56 Å². The first-order valence-corrected chi connectivity index (χ1v) is 6.77. The largest absolute Gasteiger partial charge is 0.338 e. The second kappa shape index (κ2) is 5.06. The summed E-state index contributed by atoms with van der Waals surface area (Å²) in [7, 11) is 0. The maximum Gasteiger partial charge on any atom is 0.227 e. The van der Waals surface area contributed by atoms with Crippen LogP contribution in [0.15, 0.2) is 18.3 Å². The molecule has 1 saturated heterocycles. The topological polar surface area (TPSA) is 45.2 Å². The van der Waals surface area contributed by atoms with Crippen molar-refractivity contribution in [2.75, 3.05) is 19.6 Å². The summed E-state index contributed by atoms with van der Waals surface area (Å²) in [6.07, 6.45) is 4.87. The third-order valence-corrected chi connectivity index (χ3v) is 3.92. The summed E-state index contributed by atoms with van der Waals surface area (Å²) in [5, 5.41) is 3.31. The molecule has 0 unspecified atom stereocenters. The summed E-state index contributed by atoms with van der Waals surface area (Å²) < 4.78 is 0. The Morgan fingerprint density at radius 1 is 1.50 bits per heavy atom. The van der Waals surface area contributed by atoms with Crippen molar-refractivity contribution >= 4 is 5.91 Å². The molecule has 2 aliphatic heterocycles. The van der Waals surface area contributed by atoms with Crippen molar-refractivity contribution < 1.29 is 4.79 Å². The lowest BCUT2D eigenvalue weighted by molar-refractivity contribution is -0.137. The number of pyridine rings is 1. The number of amides is 1. The van der Waals surface area contributed by atoms with E-state index in [4.69, 9.17) is 0 Å². The molecule has 0 bridgehead atoms. The van der Waals surface area contributed by atoms with Gasteiger partial charge in [-0.25, -0.2) is 0 Å². The van der Waals surface area contributed by atoms with Crippen molar-refractivity contribution in [3.63, 3.8) is 0 Å². The molecule has 1 N–H and O–H groups in total. The van der Waals surface area contributed by atoms with Crippen LogP contribution in [0.4, 0.5) is 0 Å². The van der Waals surface area contributed by atoms with E-state index in [0.717, 1.165) is 51.1 Å². The fraction of sp³-hybridized carbons (Fsp3) is 0.571. The quantitative estimate of drug-likeness (QED) is 0.801. The number of hydrogen-bond acceptors (Lipinski definition) is 3. The number of nitrogens with zero attached hydrogens (tertiary/aromatic N) is 2. The van der Waals surface area contributed by atoms with Crippen LogP contribution in [0, 0.1) is 5.92 Å². The minimum atomic E-state index is 0.178. The molecule has 0 radical (unpaired) electrons. The van der Waals surface area contributed by atoms with Gasteiger partial charge in [0, 0.05) is 37.9 Å². The standard InChI is InChI=1S/C14H19N3O/c18-14(11-3-1-6-15-9-11)17-8-5-13-12(10-17)4-2-7-16-13/h2,4,7,11,15H,1,3,5-6,8-10H2/t11-/m1/s1. The predicted octanol–water partition coefficient (Wildman–Crippen LogP) is 0.966. The Kier molecular flexibility index (Phi) is 3.28. The van der Waals surface area contributed by atoms with Gasteiger partial charge in [0.2, 0.25) is 5.91 Å². The van der Waals surface area contributed by atoms with Gasteiger partial charge >= 0.3 is 0 Å². The van der Waals surface area contributed by atoms with Crippen LogP contribution in [0.2, 0.25) is 0 Å². The van der Waals surface area contributed by atoms with Crippen LogP contribution in [0.1, 0.15) is 24.1 Å².